The number of aromatic nitrogens is 3. The zero-order valence-electron chi connectivity index (χ0n) is 22.7. The third-order valence-corrected chi connectivity index (χ3v) is 9.93. The fraction of sp³-hybridized carbons (Fsp3) is 0.267. The van der Waals surface area contributed by atoms with Crippen LogP contribution in [0.25, 0.3) is 11.4 Å². The summed E-state index contributed by atoms with van der Waals surface area (Å²) in [6, 6.07) is 18.6. The topological polar surface area (TPSA) is 124 Å². The van der Waals surface area contributed by atoms with E-state index >= 15 is 0 Å². The Hall–Kier alpha value is -4.42. The van der Waals surface area contributed by atoms with Gasteiger partial charge in [0.25, 0.3) is 0 Å². The highest BCUT2D eigenvalue weighted by Gasteiger charge is 2.58. The van der Waals surface area contributed by atoms with E-state index in [1.54, 1.807) is 42.5 Å². The highest BCUT2D eigenvalue weighted by Crippen LogP contribution is 2.55. The van der Waals surface area contributed by atoms with Gasteiger partial charge in [0.1, 0.15) is 27.9 Å². The maximum atomic E-state index is 13.8. The van der Waals surface area contributed by atoms with Crippen LogP contribution in [0.2, 0.25) is 0 Å². The maximum Gasteiger partial charge on any atom is 0.418 e. The molecule has 216 valence electrons. The summed E-state index contributed by atoms with van der Waals surface area (Å²) in [6.07, 6.45) is 1.58. The number of benzene rings is 2. The molecule has 4 aromatic rings. The van der Waals surface area contributed by atoms with Crippen LogP contribution in [0, 0.1) is 5.82 Å². The highest BCUT2D eigenvalue weighted by atomic mass is 32.2. The highest BCUT2D eigenvalue weighted by molar-refractivity contribution is 7.92. The number of pyridine rings is 1. The van der Waals surface area contributed by atoms with E-state index in [4.69, 9.17) is 19.4 Å². The van der Waals surface area contributed by atoms with Gasteiger partial charge in [-0.1, -0.05) is 18.2 Å². The molecule has 0 bridgehead atoms. The van der Waals surface area contributed by atoms with Gasteiger partial charge >= 0.3 is 6.09 Å². The van der Waals surface area contributed by atoms with Crippen molar-refractivity contribution in [1.82, 2.24) is 15.0 Å². The summed E-state index contributed by atoms with van der Waals surface area (Å²) in [7, 11) is -3.88. The van der Waals surface area contributed by atoms with Crippen molar-refractivity contribution in [2.45, 2.75) is 35.4 Å². The average Bonchev–Trinajstić information content (AvgIpc) is 3.81. The van der Waals surface area contributed by atoms with Gasteiger partial charge in [0.2, 0.25) is 0 Å². The van der Waals surface area contributed by atoms with Crippen molar-refractivity contribution in [2.24, 2.45) is 0 Å². The molecule has 3 heterocycles. The third kappa shape index (κ3) is 5.42. The molecule has 1 atom stereocenters. The lowest BCUT2D eigenvalue weighted by molar-refractivity contribution is 0.0985. The molecular formula is C30H28FN5O5S. The number of nitrogens with one attached hydrogen (secondary N) is 1. The van der Waals surface area contributed by atoms with Gasteiger partial charge in [-0.2, -0.15) is 0 Å². The molecular weight excluding hydrogens is 561 g/mol. The van der Waals surface area contributed by atoms with Gasteiger partial charge < -0.3 is 14.4 Å². The molecule has 1 N–H and O–H groups in total. The van der Waals surface area contributed by atoms with Crippen LogP contribution >= 0.6 is 0 Å². The Morgan fingerprint density at radius 1 is 1.07 bits per heavy atom. The largest absolute Gasteiger partial charge is 0.418 e. The first-order chi connectivity index (χ1) is 20.2. The second kappa shape index (κ2) is 11.1. The monoisotopic (exact) mass is 589 g/mol. The van der Waals surface area contributed by atoms with Crippen LogP contribution in [0.15, 0.2) is 83.9 Å². The zero-order valence-corrected chi connectivity index (χ0v) is 23.6. The lowest BCUT2D eigenvalue weighted by Gasteiger charge is -2.34. The van der Waals surface area contributed by atoms with E-state index in [2.05, 4.69) is 15.2 Å². The molecule has 6 rings (SSSR count). The van der Waals surface area contributed by atoms with Crippen molar-refractivity contribution < 1.29 is 27.1 Å². The lowest BCUT2D eigenvalue weighted by Crippen LogP contribution is -2.44. The maximum absolute atomic E-state index is 13.8. The van der Waals surface area contributed by atoms with E-state index in [1.807, 2.05) is 13.0 Å². The van der Waals surface area contributed by atoms with Crippen LogP contribution in [-0.4, -0.2) is 55.3 Å². The summed E-state index contributed by atoms with van der Waals surface area (Å²) in [4.78, 5) is 28.3. The van der Waals surface area contributed by atoms with E-state index < -0.39 is 26.5 Å². The van der Waals surface area contributed by atoms with Crippen LogP contribution in [0.5, 0.6) is 5.75 Å². The summed E-state index contributed by atoms with van der Waals surface area (Å²) in [5.74, 6) is 1.03. The summed E-state index contributed by atoms with van der Waals surface area (Å²) >= 11 is 0. The second-order valence-electron chi connectivity index (χ2n) is 10.3. The number of carbonyl (C=O) groups is 1. The lowest BCUT2D eigenvalue weighted by atomic mass is 10.2. The molecule has 2 aromatic heterocycles. The molecule has 1 aliphatic carbocycles. The smallest absolute Gasteiger partial charge is 0.410 e. The Morgan fingerprint density at radius 2 is 1.83 bits per heavy atom. The molecule has 1 saturated heterocycles. The summed E-state index contributed by atoms with van der Waals surface area (Å²) < 4.78 is 50.8. The quantitative estimate of drug-likeness (QED) is 0.297. The number of anilines is 2. The fourth-order valence-corrected chi connectivity index (χ4v) is 6.92. The molecule has 42 heavy (non-hydrogen) atoms. The van der Waals surface area contributed by atoms with Gasteiger partial charge in [-0.3, -0.25) is 5.32 Å². The van der Waals surface area contributed by atoms with Gasteiger partial charge in [-0.15, -0.1) is 0 Å². The molecule has 1 amide bonds. The number of hydrogen-bond acceptors (Lipinski definition) is 9. The summed E-state index contributed by atoms with van der Waals surface area (Å²) in [6.45, 7) is 3.62. The van der Waals surface area contributed by atoms with Crippen molar-refractivity contribution in [2.75, 3.05) is 30.0 Å². The first-order valence-corrected chi connectivity index (χ1v) is 15.0. The molecule has 2 aliphatic rings. The van der Waals surface area contributed by atoms with Gasteiger partial charge in [0, 0.05) is 24.4 Å². The van der Waals surface area contributed by atoms with Crippen molar-refractivity contribution in [3.8, 4) is 17.1 Å². The Bertz CT molecular complexity index is 1700. The molecule has 1 aliphatic heterocycles. The number of amides is 1. The second-order valence-corrected chi connectivity index (χ2v) is 12.5. The molecule has 2 aromatic carbocycles. The van der Waals surface area contributed by atoms with Crippen LogP contribution in [0.1, 0.15) is 25.5 Å². The van der Waals surface area contributed by atoms with Crippen molar-refractivity contribution in [3.05, 3.63) is 90.5 Å². The first-order valence-electron chi connectivity index (χ1n) is 13.5. The number of para-hydroxylation sites is 1. The van der Waals surface area contributed by atoms with E-state index in [0.717, 1.165) is 12.1 Å². The van der Waals surface area contributed by atoms with E-state index in [1.165, 1.54) is 18.3 Å². The van der Waals surface area contributed by atoms with Crippen molar-refractivity contribution in [3.63, 3.8) is 0 Å². The molecule has 2 fully saturated rings. The predicted octanol–water partition coefficient (Wildman–Crippen LogP) is 4.98. The Morgan fingerprint density at radius 3 is 2.50 bits per heavy atom. The van der Waals surface area contributed by atoms with Crippen molar-refractivity contribution >= 4 is 27.6 Å². The van der Waals surface area contributed by atoms with Gasteiger partial charge in [-0.05, 0) is 68.3 Å². The first kappa shape index (κ1) is 27.7. The number of sulfone groups is 1. The van der Waals surface area contributed by atoms with Gasteiger partial charge in [-0.25, -0.2) is 32.6 Å². The Kier molecular flexibility index (Phi) is 7.33. The molecule has 12 heteroatoms. The standard InChI is InChI=1S/C30H28FN5O5S/c1-20-19-40-16-15-36(20)27-17-25(30(13-14-30)42(38,39)24-10-8-22(31)9-11-24)33-28(35-27)21-7-12-26(32-18-21)34-29(37)41-23-5-3-2-4-6-23/h2-12,17-18,20H,13-16,19H2,1H3,(H,32,34,37). The number of carbonyl (C=O) groups excluding carboxylic acids is 1. The van der Waals surface area contributed by atoms with E-state index in [9.17, 15) is 17.6 Å². The minimum atomic E-state index is -3.88. The molecule has 0 radical (unpaired) electrons. The number of hydrogen-bond donors (Lipinski definition) is 1. The van der Waals surface area contributed by atoms with Crippen LogP contribution in [-0.2, 0) is 19.3 Å². The average molecular weight is 590 g/mol. The zero-order chi connectivity index (χ0) is 29.3. The van der Waals surface area contributed by atoms with Crippen LogP contribution in [0.3, 0.4) is 0 Å². The normalized spacial score (nSPS) is 17.9. The van der Waals surface area contributed by atoms with Crippen LogP contribution in [0.4, 0.5) is 20.8 Å². The number of ether oxygens (including phenoxy) is 2. The summed E-state index contributed by atoms with van der Waals surface area (Å²) in [5, 5.41) is 2.58. The van der Waals surface area contributed by atoms with Gasteiger partial charge in [0.15, 0.2) is 15.7 Å². The fourth-order valence-electron chi connectivity index (χ4n) is 4.95. The number of halogens is 1. The molecule has 0 spiro atoms. The molecule has 10 nitrogen and oxygen atoms in total. The van der Waals surface area contributed by atoms with Gasteiger partial charge in [0.05, 0.1) is 29.8 Å². The SMILES string of the molecule is CC1COCCN1c1cc(C2(S(=O)(=O)c3ccc(F)cc3)CC2)nc(-c2ccc(NC(=O)Oc3ccccc3)nc2)n1. The molecule has 1 unspecified atom stereocenters. The Balaban J connectivity index is 1.33. The number of morpholine rings is 1. The Labute approximate surface area is 242 Å². The minimum absolute atomic E-state index is 0.0125. The van der Waals surface area contributed by atoms with E-state index in [-0.39, 0.29) is 16.8 Å². The predicted molar refractivity (Wildman–Crippen MR) is 153 cm³/mol. The number of nitrogens with zero attached hydrogens (tertiary/aromatic N) is 4. The summed E-state index contributed by atoms with van der Waals surface area (Å²) in [5.41, 5.74) is 0.912. The van der Waals surface area contributed by atoms with Crippen LogP contribution < -0.4 is 15.0 Å². The molecule has 1 saturated carbocycles. The minimum Gasteiger partial charge on any atom is -0.410 e. The van der Waals surface area contributed by atoms with Crippen molar-refractivity contribution in [1.29, 1.82) is 0 Å². The number of rotatable bonds is 7. The van der Waals surface area contributed by atoms with E-state index in [0.29, 0.717) is 61.2 Å². The third-order valence-electron chi connectivity index (χ3n) is 7.39.